The molecule has 7 heteroatoms. The molecule has 1 heterocycles. The molecule has 5 nitrogen and oxygen atoms in total. The second-order valence-corrected chi connectivity index (χ2v) is 6.19. The average Bonchev–Trinajstić information content (AvgIpc) is 2.77. The van der Waals surface area contributed by atoms with Gasteiger partial charge in [-0.25, -0.2) is 0 Å². The van der Waals surface area contributed by atoms with Crippen LogP contribution >= 0.6 is 11.8 Å². The predicted octanol–water partition coefficient (Wildman–Crippen LogP) is 1.32. The van der Waals surface area contributed by atoms with Crippen LogP contribution in [0.3, 0.4) is 0 Å². The monoisotopic (exact) mass is 270 g/mol. The van der Waals surface area contributed by atoms with E-state index in [2.05, 4.69) is 15.2 Å². The van der Waals surface area contributed by atoms with Crippen molar-refractivity contribution in [3.05, 3.63) is 30.3 Å². The topological polar surface area (TPSA) is 72.6 Å². The Kier molecular flexibility index (Phi) is 3.70. The zero-order chi connectivity index (χ0) is 12.3. The van der Waals surface area contributed by atoms with Gasteiger partial charge in [-0.15, -0.1) is 4.40 Å². The van der Waals surface area contributed by atoms with Gasteiger partial charge in [0, 0.05) is 0 Å². The molecule has 17 heavy (non-hydrogen) atoms. The number of hydrogen-bond donors (Lipinski definition) is 1. The summed E-state index contributed by atoms with van der Waals surface area (Å²) in [7, 11) is -3.64. The molecule has 1 atom stereocenters. The standard InChI is InChI=1S/C10H12N3O2S2/c1-2-9-11-12-10(16-9)13-17(14,15)8-6-4-3-5-7-8/h3-7,9,11H,2H2,1H3. The molecule has 1 fully saturated rings. The fourth-order valence-electron chi connectivity index (χ4n) is 1.27. The van der Waals surface area contributed by atoms with Crippen LogP contribution in [0.2, 0.25) is 0 Å². The largest absolute Gasteiger partial charge is 0.284 e. The first-order valence-corrected chi connectivity index (χ1v) is 7.47. The van der Waals surface area contributed by atoms with Crippen LogP contribution in [0.1, 0.15) is 13.3 Å². The third kappa shape index (κ3) is 2.99. The lowest BCUT2D eigenvalue weighted by molar-refractivity contribution is 0.596. The molecule has 0 spiro atoms. The Morgan fingerprint density at radius 1 is 1.41 bits per heavy atom. The molecule has 1 aliphatic heterocycles. The van der Waals surface area contributed by atoms with Crippen molar-refractivity contribution in [2.75, 3.05) is 0 Å². The van der Waals surface area contributed by atoms with Crippen LogP contribution in [0.25, 0.3) is 0 Å². The van der Waals surface area contributed by atoms with Crippen LogP contribution in [0.4, 0.5) is 0 Å². The summed E-state index contributed by atoms with van der Waals surface area (Å²) in [5.74, 6) is 0. The lowest BCUT2D eigenvalue weighted by atomic mass is 10.4. The van der Waals surface area contributed by atoms with Crippen LogP contribution in [0.15, 0.2) is 39.6 Å². The molecule has 2 rings (SSSR count). The minimum absolute atomic E-state index is 0.111. The number of rotatable bonds is 3. The second-order valence-electron chi connectivity index (χ2n) is 3.42. The van der Waals surface area contributed by atoms with Crippen molar-refractivity contribution in [2.24, 2.45) is 4.40 Å². The zero-order valence-corrected chi connectivity index (χ0v) is 10.8. The van der Waals surface area contributed by atoms with E-state index >= 15 is 0 Å². The van der Waals surface area contributed by atoms with Crippen molar-refractivity contribution in [1.82, 2.24) is 10.9 Å². The molecule has 0 aliphatic carbocycles. The van der Waals surface area contributed by atoms with Gasteiger partial charge in [0.25, 0.3) is 10.0 Å². The molecule has 91 valence electrons. The molecule has 1 N–H and O–H groups in total. The van der Waals surface area contributed by atoms with E-state index in [1.807, 2.05) is 6.92 Å². The maximum Gasteiger partial charge on any atom is 0.284 e. The number of hydrogen-bond acceptors (Lipinski definition) is 4. The summed E-state index contributed by atoms with van der Waals surface area (Å²) in [6, 6.07) is 8.13. The minimum atomic E-state index is -3.64. The first-order valence-electron chi connectivity index (χ1n) is 5.15. The van der Waals surface area contributed by atoms with Crippen LogP contribution < -0.4 is 10.9 Å². The highest BCUT2D eigenvalue weighted by Crippen LogP contribution is 2.21. The normalized spacial score (nSPS) is 22.6. The maximum absolute atomic E-state index is 11.9. The van der Waals surface area contributed by atoms with Gasteiger partial charge >= 0.3 is 0 Å². The lowest BCUT2D eigenvalue weighted by Gasteiger charge is -1.99. The van der Waals surface area contributed by atoms with Crippen molar-refractivity contribution < 1.29 is 8.42 Å². The molecule has 1 saturated heterocycles. The molecule has 1 aromatic rings. The van der Waals surface area contributed by atoms with Crippen LogP contribution in [-0.4, -0.2) is 19.0 Å². The van der Waals surface area contributed by atoms with Gasteiger partial charge < -0.3 is 0 Å². The number of sulfonamides is 1. The van der Waals surface area contributed by atoms with E-state index in [0.717, 1.165) is 6.42 Å². The van der Waals surface area contributed by atoms with Gasteiger partial charge in [0.15, 0.2) is 0 Å². The molecular weight excluding hydrogens is 258 g/mol. The van der Waals surface area contributed by atoms with Crippen molar-refractivity contribution in [3.8, 4) is 0 Å². The van der Waals surface area contributed by atoms with E-state index in [1.54, 1.807) is 18.2 Å². The van der Waals surface area contributed by atoms with Crippen LogP contribution in [-0.2, 0) is 10.0 Å². The van der Waals surface area contributed by atoms with Gasteiger partial charge in [-0.1, -0.05) is 36.9 Å². The molecule has 1 unspecified atom stereocenters. The number of nitrogens with one attached hydrogen (secondary N) is 1. The summed E-state index contributed by atoms with van der Waals surface area (Å²) in [6.07, 6.45) is 0.860. The first kappa shape index (κ1) is 12.4. The predicted molar refractivity (Wildman–Crippen MR) is 68.0 cm³/mol. The van der Waals surface area contributed by atoms with Gasteiger partial charge in [-0.05, 0) is 18.6 Å². The minimum Gasteiger partial charge on any atom is -0.199 e. The van der Waals surface area contributed by atoms with Gasteiger partial charge in [0.05, 0.1) is 10.3 Å². The lowest BCUT2D eigenvalue weighted by Crippen LogP contribution is -2.24. The third-order valence-corrected chi connectivity index (χ3v) is 4.68. The van der Waals surface area contributed by atoms with Gasteiger partial charge in [0.1, 0.15) is 0 Å². The molecule has 1 aliphatic rings. The fraction of sp³-hybridized carbons (Fsp3) is 0.300. The summed E-state index contributed by atoms with van der Waals surface area (Å²) < 4.78 is 27.5. The summed E-state index contributed by atoms with van der Waals surface area (Å²) in [5, 5.41) is 0.375. The number of nitrogens with zero attached hydrogens (tertiary/aromatic N) is 2. The van der Waals surface area contributed by atoms with E-state index < -0.39 is 10.0 Å². The van der Waals surface area contributed by atoms with Gasteiger partial charge in [0.2, 0.25) is 5.17 Å². The van der Waals surface area contributed by atoms with Crippen molar-refractivity contribution >= 4 is 27.0 Å². The second kappa shape index (κ2) is 5.07. The Labute approximate surface area is 105 Å². The molecule has 0 saturated carbocycles. The quantitative estimate of drug-likeness (QED) is 0.899. The molecule has 1 aromatic carbocycles. The number of amidine groups is 1. The third-order valence-electron chi connectivity index (χ3n) is 2.16. The Balaban J connectivity index is 2.22. The SMILES string of the molecule is CCC1N[N]C(=NS(=O)(=O)c2ccccc2)S1. The Morgan fingerprint density at radius 2 is 2.12 bits per heavy atom. The van der Waals surface area contributed by atoms with Gasteiger partial charge in [-0.2, -0.15) is 19.3 Å². The smallest absolute Gasteiger partial charge is 0.199 e. The summed E-state index contributed by atoms with van der Waals surface area (Å²) in [5.41, 5.74) is 6.71. The van der Waals surface area contributed by atoms with Crippen LogP contribution in [0.5, 0.6) is 0 Å². The highest BCUT2D eigenvalue weighted by Gasteiger charge is 2.23. The summed E-state index contributed by atoms with van der Waals surface area (Å²) in [4.78, 5) is 0.184. The van der Waals surface area contributed by atoms with Gasteiger partial charge in [-0.3, -0.25) is 0 Å². The Bertz CT molecular complexity index is 514. The molecular formula is C10H12N3O2S2. The van der Waals surface area contributed by atoms with E-state index in [4.69, 9.17) is 0 Å². The maximum atomic E-state index is 11.9. The van der Waals surface area contributed by atoms with Crippen molar-refractivity contribution in [2.45, 2.75) is 23.6 Å². The molecule has 0 aromatic heterocycles. The Hall–Kier alpha value is -1.05. The van der Waals surface area contributed by atoms with Crippen LogP contribution in [0, 0.1) is 0 Å². The average molecular weight is 270 g/mol. The van der Waals surface area contributed by atoms with Crippen molar-refractivity contribution in [3.63, 3.8) is 0 Å². The molecule has 0 amide bonds. The zero-order valence-electron chi connectivity index (χ0n) is 9.20. The number of benzene rings is 1. The van der Waals surface area contributed by atoms with E-state index in [1.165, 1.54) is 23.9 Å². The highest BCUT2D eigenvalue weighted by atomic mass is 32.2. The Morgan fingerprint density at radius 3 is 2.71 bits per heavy atom. The van der Waals surface area contributed by atoms with E-state index in [9.17, 15) is 8.42 Å². The molecule has 1 radical (unpaired) electrons. The van der Waals surface area contributed by atoms with E-state index in [0.29, 0.717) is 0 Å². The highest BCUT2D eigenvalue weighted by molar-refractivity contribution is 8.15. The summed E-state index contributed by atoms with van der Waals surface area (Å²) in [6.45, 7) is 1.99. The van der Waals surface area contributed by atoms with E-state index in [-0.39, 0.29) is 15.4 Å². The number of thioether (sulfide) groups is 1. The summed E-state index contributed by atoms with van der Waals surface area (Å²) >= 11 is 1.33. The molecule has 0 bridgehead atoms. The first-order chi connectivity index (χ1) is 8.12. The van der Waals surface area contributed by atoms with Crippen molar-refractivity contribution in [1.29, 1.82) is 0 Å². The fourth-order valence-corrected chi connectivity index (χ4v) is 3.22.